The molecule has 1 unspecified atom stereocenters. The molecule has 0 saturated carbocycles. The number of hydrogen-bond acceptors (Lipinski definition) is 7. The van der Waals surface area contributed by atoms with Crippen molar-refractivity contribution in [1.29, 1.82) is 0 Å². The van der Waals surface area contributed by atoms with E-state index in [-0.39, 0.29) is 17.8 Å². The molecule has 3 rings (SSSR count). The molecular formula is C28H32N6O2. The van der Waals surface area contributed by atoms with E-state index in [9.17, 15) is 4.79 Å². The van der Waals surface area contributed by atoms with Crippen molar-refractivity contribution in [3.63, 3.8) is 0 Å². The van der Waals surface area contributed by atoms with E-state index in [1.165, 1.54) is 6.20 Å². The molecule has 0 bridgehead atoms. The molecule has 5 N–H and O–H groups in total. The zero-order chi connectivity index (χ0) is 26.3. The molecule has 2 aromatic heterocycles. The second-order valence-electron chi connectivity index (χ2n) is 8.81. The van der Waals surface area contributed by atoms with Crippen LogP contribution in [0.4, 0.5) is 5.95 Å². The Kier molecular flexibility index (Phi) is 8.22. The van der Waals surface area contributed by atoms with Crippen molar-refractivity contribution in [2.45, 2.75) is 26.2 Å². The Hall–Kier alpha value is -4.46. The number of nitrogens with two attached hydrogens (primary N) is 2. The summed E-state index contributed by atoms with van der Waals surface area (Å²) in [5, 5.41) is 2.94. The van der Waals surface area contributed by atoms with Gasteiger partial charge in [0.25, 0.3) is 0 Å². The van der Waals surface area contributed by atoms with Crippen LogP contribution in [0.3, 0.4) is 0 Å². The second kappa shape index (κ2) is 11.3. The molecule has 0 saturated heterocycles. The molecule has 0 radical (unpaired) electrons. The summed E-state index contributed by atoms with van der Waals surface area (Å²) in [6.07, 6.45) is 11.6. The highest BCUT2D eigenvalue weighted by Gasteiger charge is 2.38. The first-order valence-electron chi connectivity index (χ1n) is 11.5. The first-order valence-corrected chi connectivity index (χ1v) is 11.5. The van der Waals surface area contributed by atoms with Crippen LogP contribution in [-0.2, 0) is 10.2 Å². The lowest BCUT2D eigenvalue weighted by molar-refractivity contribution is -0.126. The second-order valence-corrected chi connectivity index (χ2v) is 8.81. The molecule has 0 fully saturated rings. The number of anilines is 1. The molecule has 1 amide bonds. The van der Waals surface area contributed by atoms with Gasteiger partial charge in [0.05, 0.1) is 18.7 Å². The Bertz CT molecular complexity index is 1280. The summed E-state index contributed by atoms with van der Waals surface area (Å²) in [5.74, 6) is 0.706. The molecule has 186 valence electrons. The number of carbonyl (C=O) groups excluding carboxylic acids is 1. The Morgan fingerprint density at radius 2 is 1.75 bits per heavy atom. The molecule has 2 heterocycles. The molecule has 1 aromatic carbocycles. The number of hydrogen-bond donors (Lipinski definition) is 3. The smallest absolute Gasteiger partial charge is 0.234 e. The van der Waals surface area contributed by atoms with E-state index in [1.54, 1.807) is 44.0 Å². The predicted molar refractivity (Wildman–Crippen MR) is 143 cm³/mol. The van der Waals surface area contributed by atoms with Gasteiger partial charge in [0.1, 0.15) is 5.75 Å². The van der Waals surface area contributed by atoms with Gasteiger partial charge in [-0.25, -0.2) is 9.97 Å². The van der Waals surface area contributed by atoms with E-state index in [0.29, 0.717) is 17.0 Å². The highest BCUT2D eigenvalue weighted by atomic mass is 16.5. The van der Waals surface area contributed by atoms with Gasteiger partial charge in [0.15, 0.2) is 0 Å². The number of rotatable bonds is 9. The fraction of sp³-hybridized carbons (Fsp3) is 0.214. The minimum Gasteiger partial charge on any atom is -0.495 e. The minimum atomic E-state index is -0.795. The van der Waals surface area contributed by atoms with E-state index < -0.39 is 5.41 Å². The van der Waals surface area contributed by atoms with Gasteiger partial charge in [-0.05, 0) is 41.7 Å². The van der Waals surface area contributed by atoms with Crippen LogP contribution in [0.15, 0.2) is 85.7 Å². The monoisotopic (exact) mass is 484 g/mol. The lowest BCUT2D eigenvalue weighted by atomic mass is 9.72. The Morgan fingerprint density at radius 1 is 1.08 bits per heavy atom. The number of pyridine rings is 1. The van der Waals surface area contributed by atoms with Gasteiger partial charge in [0, 0.05) is 41.6 Å². The molecule has 8 nitrogen and oxygen atoms in total. The van der Waals surface area contributed by atoms with E-state index in [4.69, 9.17) is 16.2 Å². The number of methoxy groups -OCH3 is 1. The SMILES string of the molecule is C=C(/C=C\C(=C/N)c1cncc(OC)c1)NC(=O)C(C)(c1ccc(-c2cnc(N)nc2)cc1)C(C)C. The average Bonchev–Trinajstić information content (AvgIpc) is 2.89. The predicted octanol–water partition coefficient (Wildman–Crippen LogP) is 4.23. The number of ether oxygens (including phenoxy) is 1. The van der Waals surface area contributed by atoms with Crippen molar-refractivity contribution in [3.05, 3.63) is 96.9 Å². The third-order valence-electron chi connectivity index (χ3n) is 6.32. The number of aromatic nitrogens is 3. The summed E-state index contributed by atoms with van der Waals surface area (Å²) in [4.78, 5) is 25.7. The van der Waals surface area contributed by atoms with Crippen LogP contribution in [0.2, 0.25) is 0 Å². The van der Waals surface area contributed by atoms with Crippen LogP contribution < -0.4 is 21.5 Å². The summed E-state index contributed by atoms with van der Waals surface area (Å²) in [7, 11) is 1.57. The summed E-state index contributed by atoms with van der Waals surface area (Å²) < 4.78 is 5.23. The van der Waals surface area contributed by atoms with Gasteiger partial charge in [-0.2, -0.15) is 0 Å². The maximum absolute atomic E-state index is 13.5. The number of allylic oxidation sites excluding steroid dienone is 3. The van der Waals surface area contributed by atoms with Crippen LogP contribution in [0.25, 0.3) is 16.7 Å². The van der Waals surface area contributed by atoms with Gasteiger partial charge in [-0.15, -0.1) is 0 Å². The Labute approximate surface area is 211 Å². The first-order chi connectivity index (χ1) is 17.2. The van der Waals surface area contributed by atoms with Crippen LogP contribution in [0.5, 0.6) is 5.75 Å². The summed E-state index contributed by atoms with van der Waals surface area (Å²) >= 11 is 0. The summed E-state index contributed by atoms with van der Waals surface area (Å²) in [6.45, 7) is 9.97. The zero-order valence-corrected chi connectivity index (χ0v) is 21.0. The van der Waals surface area contributed by atoms with Gasteiger partial charge in [-0.3, -0.25) is 9.78 Å². The van der Waals surface area contributed by atoms with Gasteiger partial charge in [0.2, 0.25) is 11.9 Å². The van der Waals surface area contributed by atoms with Gasteiger partial charge >= 0.3 is 0 Å². The molecule has 36 heavy (non-hydrogen) atoms. The van der Waals surface area contributed by atoms with E-state index in [0.717, 1.165) is 22.3 Å². The Balaban J connectivity index is 1.77. The summed E-state index contributed by atoms with van der Waals surface area (Å²) in [5.41, 5.74) is 15.2. The molecule has 8 heteroatoms. The fourth-order valence-corrected chi connectivity index (χ4v) is 3.67. The number of benzene rings is 1. The quantitative estimate of drug-likeness (QED) is 0.388. The van der Waals surface area contributed by atoms with Crippen LogP contribution in [0.1, 0.15) is 31.9 Å². The van der Waals surface area contributed by atoms with E-state index in [2.05, 4.69) is 26.8 Å². The normalized spacial score (nSPS) is 13.4. The third kappa shape index (κ3) is 5.78. The van der Waals surface area contributed by atoms with Crippen molar-refractivity contribution >= 4 is 17.4 Å². The van der Waals surface area contributed by atoms with Crippen molar-refractivity contribution in [2.75, 3.05) is 12.8 Å². The van der Waals surface area contributed by atoms with Crippen molar-refractivity contribution in [2.24, 2.45) is 11.7 Å². The molecular weight excluding hydrogens is 452 g/mol. The number of nitrogen functional groups attached to an aromatic ring is 1. The Morgan fingerprint density at radius 3 is 2.33 bits per heavy atom. The molecule has 1 atom stereocenters. The molecule has 0 aliphatic carbocycles. The van der Waals surface area contributed by atoms with Crippen LogP contribution in [0, 0.1) is 5.92 Å². The lowest BCUT2D eigenvalue weighted by Crippen LogP contribution is -2.45. The molecule has 0 spiro atoms. The number of nitrogens with one attached hydrogen (secondary N) is 1. The maximum Gasteiger partial charge on any atom is 0.234 e. The van der Waals surface area contributed by atoms with Crippen molar-refractivity contribution < 1.29 is 9.53 Å². The van der Waals surface area contributed by atoms with E-state index >= 15 is 0 Å². The first kappa shape index (κ1) is 26.2. The fourth-order valence-electron chi connectivity index (χ4n) is 3.67. The zero-order valence-electron chi connectivity index (χ0n) is 21.0. The lowest BCUT2D eigenvalue weighted by Gasteiger charge is -2.33. The molecule has 0 aliphatic heterocycles. The number of amides is 1. The highest BCUT2D eigenvalue weighted by molar-refractivity contribution is 5.90. The summed E-state index contributed by atoms with van der Waals surface area (Å²) in [6, 6.07) is 9.64. The van der Waals surface area contributed by atoms with Crippen LogP contribution in [-0.4, -0.2) is 28.0 Å². The highest BCUT2D eigenvalue weighted by Crippen LogP contribution is 2.34. The largest absolute Gasteiger partial charge is 0.495 e. The van der Waals surface area contributed by atoms with Crippen molar-refractivity contribution in [3.8, 4) is 16.9 Å². The van der Waals surface area contributed by atoms with Crippen molar-refractivity contribution in [1.82, 2.24) is 20.3 Å². The van der Waals surface area contributed by atoms with Gasteiger partial charge < -0.3 is 21.5 Å². The topological polar surface area (TPSA) is 129 Å². The average molecular weight is 485 g/mol. The third-order valence-corrected chi connectivity index (χ3v) is 6.32. The maximum atomic E-state index is 13.5. The van der Waals surface area contributed by atoms with Gasteiger partial charge in [-0.1, -0.05) is 50.8 Å². The van der Waals surface area contributed by atoms with Crippen LogP contribution >= 0.6 is 0 Å². The molecule has 0 aliphatic rings. The van der Waals surface area contributed by atoms with E-state index in [1.807, 2.05) is 51.1 Å². The minimum absolute atomic E-state index is 0.0161. The standard InChI is InChI=1S/C28H32N6O2/c1-18(2)28(4,24-10-8-20(9-11-24)23-15-32-27(30)33-16-23)26(35)34-19(3)6-7-21(13-29)22-12-25(36-5)17-31-14-22/h6-18H,3,29H2,1-2,4-5H3,(H,34,35)(H2,30,32,33)/b7-6-,21-13+. The molecule has 3 aromatic rings. The number of nitrogens with zero attached hydrogens (tertiary/aromatic N) is 3. The number of carbonyl (C=O) groups is 1.